The average Bonchev–Trinajstić information content (AvgIpc) is 3.91. The van der Waals surface area contributed by atoms with Gasteiger partial charge in [-0.2, -0.15) is 0 Å². The number of aromatic amines is 1. The summed E-state index contributed by atoms with van der Waals surface area (Å²) in [5.41, 5.74) is -0.867. The van der Waals surface area contributed by atoms with Gasteiger partial charge in [0, 0.05) is 71.6 Å². The van der Waals surface area contributed by atoms with Crippen LogP contribution in [0.4, 0.5) is 5.69 Å². The molecule has 3 N–H and O–H groups in total. The first kappa shape index (κ1) is 39.9. The van der Waals surface area contributed by atoms with Gasteiger partial charge in [0.25, 0.3) is 0 Å². The molecule has 314 valence electrons. The van der Waals surface area contributed by atoms with E-state index in [2.05, 4.69) is 26.9 Å². The summed E-state index contributed by atoms with van der Waals surface area (Å²) >= 11 is 0. The molecule has 6 aliphatic rings. The number of anilines is 1. The smallest absolute Gasteiger partial charge is 0.340 e. The summed E-state index contributed by atoms with van der Waals surface area (Å²) in [5, 5.41) is 26.5. The molecule has 1 amide bonds. The molecule has 13 nitrogen and oxygen atoms in total. The van der Waals surface area contributed by atoms with Gasteiger partial charge in [-0.25, -0.2) is 4.79 Å². The highest BCUT2D eigenvalue weighted by atomic mass is 16.5. The molecular formula is C46H56N4O9. The molecule has 2 aromatic carbocycles. The number of aliphatic hydroxyl groups is 2. The minimum absolute atomic E-state index is 0.258. The van der Waals surface area contributed by atoms with E-state index >= 15 is 0 Å². The number of para-hydroxylation sites is 1. The zero-order valence-electron chi connectivity index (χ0n) is 34.8. The predicted molar refractivity (Wildman–Crippen MR) is 219 cm³/mol. The van der Waals surface area contributed by atoms with Crippen LogP contribution >= 0.6 is 0 Å². The quantitative estimate of drug-likeness (QED) is 0.172. The van der Waals surface area contributed by atoms with Crippen molar-refractivity contribution in [1.82, 2.24) is 14.8 Å². The van der Waals surface area contributed by atoms with E-state index in [9.17, 15) is 29.4 Å². The molecule has 3 aromatic rings. The van der Waals surface area contributed by atoms with Crippen molar-refractivity contribution in [3.8, 4) is 5.75 Å². The summed E-state index contributed by atoms with van der Waals surface area (Å²) in [5.74, 6) is -4.25. The van der Waals surface area contributed by atoms with Crippen LogP contribution in [0.15, 0.2) is 48.6 Å². The number of piperidine rings is 1. The summed E-state index contributed by atoms with van der Waals surface area (Å²) in [6, 6.07) is 10.3. The first-order valence-electron chi connectivity index (χ1n) is 21.1. The van der Waals surface area contributed by atoms with Gasteiger partial charge in [0.15, 0.2) is 5.60 Å². The summed E-state index contributed by atoms with van der Waals surface area (Å²) in [6.45, 7) is 8.38. The Labute approximate surface area is 344 Å². The molecule has 6 heterocycles. The standard InChI is InChI=1S/C46H56N4O9/c1-7-43(55)22-27-23-48(24-43)18-14-29-28-12-9-10-13-32(28)47-37(29)36(39(53)58-5)35(27)30-20-31-33(21-34(30)57-4)50(25-51)41-45(31)16-19-49-17-11-15-44(8-2,40(45)49)38(26(3)52)46(41,56)42(54)59-6/h9-13,15,20-21,25,27,35-36,38,40-41,47,55-56H,7-8,14,16-19,22-24H2,1-6H3/t27-,35-,36-,38-,40+,41-,43+,44+,45-,46-/m1/s1. The van der Waals surface area contributed by atoms with Crippen LogP contribution in [0.2, 0.25) is 0 Å². The number of nitrogens with one attached hydrogen (secondary N) is 1. The molecule has 2 saturated heterocycles. The van der Waals surface area contributed by atoms with Crippen LogP contribution in [0.25, 0.3) is 10.9 Å². The van der Waals surface area contributed by atoms with Crippen molar-refractivity contribution in [2.45, 2.75) is 93.4 Å². The molecule has 1 spiro atoms. The molecule has 0 unspecified atom stereocenters. The van der Waals surface area contributed by atoms with Gasteiger partial charge in [-0.15, -0.1) is 0 Å². The zero-order valence-corrected chi connectivity index (χ0v) is 34.8. The lowest BCUT2D eigenvalue weighted by atomic mass is 9.44. The molecule has 11 atom stereocenters. The normalized spacial score (nSPS) is 36.9. The molecule has 9 rings (SSSR count). The molecule has 5 aliphatic heterocycles. The van der Waals surface area contributed by atoms with Gasteiger partial charge in [-0.1, -0.05) is 44.2 Å². The molecule has 2 bridgehead atoms. The van der Waals surface area contributed by atoms with E-state index in [1.165, 1.54) is 26.0 Å². The van der Waals surface area contributed by atoms with Crippen molar-refractivity contribution in [2.75, 3.05) is 59.0 Å². The van der Waals surface area contributed by atoms with Gasteiger partial charge in [0.2, 0.25) is 6.41 Å². The lowest BCUT2D eigenvalue weighted by molar-refractivity contribution is -0.201. The highest BCUT2D eigenvalue weighted by Gasteiger charge is 2.80. The molecule has 1 aromatic heterocycles. The highest BCUT2D eigenvalue weighted by Crippen LogP contribution is 2.69. The number of esters is 2. The van der Waals surface area contributed by atoms with Crippen LogP contribution < -0.4 is 9.64 Å². The third-order valence-corrected chi connectivity index (χ3v) is 15.7. The fraction of sp³-hybridized carbons (Fsp3) is 0.565. The van der Waals surface area contributed by atoms with Crippen LogP contribution in [0.3, 0.4) is 0 Å². The number of ketones is 1. The number of ether oxygens (including phenoxy) is 3. The maximum atomic E-state index is 14.7. The first-order chi connectivity index (χ1) is 28.3. The van der Waals surface area contributed by atoms with Gasteiger partial charge < -0.3 is 34.3 Å². The van der Waals surface area contributed by atoms with E-state index in [0.29, 0.717) is 88.2 Å². The number of hydrogen-bond acceptors (Lipinski definition) is 11. The van der Waals surface area contributed by atoms with E-state index in [0.717, 1.165) is 27.7 Å². The Morgan fingerprint density at radius 3 is 2.47 bits per heavy atom. The van der Waals surface area contributed by atoms with Crippen LogP contribution in [0.1, 0.15) is 80.7 Å². The third kappa shape index (κ3) is 5.23. The Kier molecular flexibility index (Phi) is 9.47. The summed E-state index contributed by atoms with van der Waals surface area (Å²) in [4.78, 5) is 66.4. The van der Waals surface area contributed by atoms with Gasteiger partial charge in [0.1, 0.15) is 17.5 Å². The second-order valence-corrected chi connectivity index (χ2v) is 18.1. The van der Waals surface area contributed by atoms with Crippen molar-refractivity contribution in [3.63, 3.8) is 0 Å². The van der Waals surface area contributed by atoms with Crippen molar-refractivity contribution in [3.05, 3.63) is 70.9 Å². The Balaban J connectivity index is 1.36. The first-order valence-corrected chi connectivity index (χ1v) is 21.1. The zero-order chi connectivity index (χ0) is 41.8. The summed E-state index contributed by atoms with van der Waals surface area (Å²) < 4.78 is 17.4. The van der Waals surface area contributed by atoms with Crippen molar-refractivity contribution >= 4 is 40.7 Å². The molecule has 59 heavy (non-hydrogen) atoms. The maximum Gasteiger partial charge on any atom is 0.340 e. The van der Waals surface area contributed by atoms with E-state index in [-0.39, 0.29) is 17.7 Å². The molecular weight excluding hydrogens is 753 g/mol. The summed E-state index contributed by atoms with van der Waals surface area (Å²) in [7, 11) is 4.17. The Hall–Kier alpha value is -4.56. The third-order valence-electron chi connectivity index (χ3n) is 15.7. The van der Waals surface area contributed by atoms with E-state index in [4.69, 9.17) is 14.2 Å². The van der Waals surface area contributed by atoms with Crippen LogP contribution in [0, 0.1) is 17.3 Å². The molecule has 13 heteroatoms. The number of rotatable bonds is 8. The summed E-state index contributed by atoms with van der Waals surface area (Å²) in [6.07, 6.45) is 7.21. The fourth-order valence-corrected chi connectivity index (χ4v) is 13.7. The highest BCUT2D eigenvalue weighted by molar-refractivity contribution is 5.97. The minimum atomic E-state index is -2.43. The molecule has 0 radical (unpaired) electrons. The van der Waals surface area contributed by atoms with E-state index in [1.54, 1.807) is 13.2 Å². The number of carbonyl (C=O) groups is 4. The minimum Gasteiger partial charge on any atom is -0.496 e. The number of methoxy groups -OCH3 is 3. The molecule has 3 fully saturated rings. The number of aromatic nitrogens is 1. The number of fused-ring (bicyclic) bond motifs is 6. The lowest BCUT2D eigenvalue weighted by Crippen LogP contribution is -2.80. The second-order valence-electron chi connectivity index (χ2n) is 18.1. The van der Waals surface area contributed by atoms with Gasteiger partial charge >= 0.3 is 11.9 Å². The number of nitrogens with zero attached hydrogens (tertiary/aromatic N) is 3. The largest absolute Gasteiger partial charge is 0.496 e. The number of benzene rings is 2. The van der Waals surface area contributed by atoms with Crippen LogP contribution in [-0.2, 0) is 40.5 Å². The number of carbonyl (C=O) groups excluding carboxylic acids is 4. The Morgan fingerprint density at radius 1 is 1.02 bits per heavy atom. The Bertz CT molecular complexity index is 2270. The molecule has 1 saturated carbocycles. The number of amides is 1. The van der Waals surface area contributed by atoms with Crippen molar-refractivity contribution in [1.29, 1.82) is 0 Å². The second kappa shape index (κ2) is 14.0. The maximum absolute atomic E-state index is 14.7. The van der Waals surface area contributed by atoms with E-state index < -0.39 is 57.8 Å². The lowest BCUT2D eigenvalue weighted by Gasteiger charge is -2.63. The van der Waals surface area contributed by atoms with Gasteiger partial charge in [0.05, 0.1) is 44.6 Å². The Morgan fingerprint density at radius 2 is 1.80 bits per heavy atom. The van der Waals surface area contributed by atoms with Gasteiger partial charge in [-0.05, 0) is 80.3 Å². The number of hydrogen-bond donors (Lipinski definition) is 3. The average molecular weight is 809 g/mol. The topological polar surface area (TPSA) is 162 Å². The molecule has 1 aliphatic carbocycles. The van der Waals surface area contributed by atoms with Crippen LogP contribution in [0.5, 0.6) is 5.75 Å². The predicted octanol–water partition coefficient (Wildman–Crippen LogP) is 3.98. The van der Waals surface area contributed by atoms with Crippen molar-refractivity contribution < 1.29 is 43.6 Å². The van der Waals surface area contributed by atoms with Crippen LogP contribution in [-0.4, -0.2) is 126 Å². The van der Waals surface area contributed by atoms with E-state index in [1.807, 2.05) is 44.2 Å². The van der Waals surface area contributed by atoms with Crippen molar-refractivity contribution in [2.24, 2.45) is 17.3 Å². The monoisotopic (exact) mass is 808 g/mol. The number of H-pyrrole nitrogens is 1. The SMILES string of the molecule is CC[C@]1(O)C[C@@H]2C[N@@](CCc3c([nH]c4ccccc34)[C@H](C(=O)OC)[C@H]2c2cc3c(cc2OC)N(C=O)[C@H]2[C@@](O)(C(=O)OC)[C@H](C(C)=O)[C@]4(CC)C=CCN5CC[C@]32[C@@H]54)C1. The number of Topliss-reactive ketones (excluding diaryl/α,β-unsaturated/α-hetero) is 1. The fourth-order valence-electron chi connectivity index (χ4n) is 13.7. The van der Waals surface area contributed by atoms with Gasteiger partial charge in [-0.3, -0.25) is 24.2 Å².